The van der Waals surface area contributed by atoms with Crippen LogP contribution in [0.3, 0.4) is 0 Å². The van der Waals surface area contributed by atoms with Crippen LogP contribution in [0.25, 0.3) is 6.08 Å². The molecule has 0 spiro atoms. The third-order valence-corrected chi connectivity index (χ3v) is 2.81. The van der Waals surface area contributed by atoms with Gasteiger partial charge in [-0.25, -0.2) is 4.79 Å². The second-order valence-corrected chi connectivity index (χ2v) is 4.08. The maximum Gasteiger partial charge on any atom is 0.345 e. The highest BCUT2D eigenvalue weighted by Crippen LogP contribution is 2.27. The molecule has 0 atom stereocenters. The molecule has 14 heavy (non-hydrogen) atoms. The van der Waals surface area contributed by atoms with Gasteiger partial charge in [0, 0.05) is 0 Å². The van der Waals surface area contributed by atoms with Gasteiger partial charge in [0.2, 0.25) is 0 Å². The van der Waals surface area contributed by atoms with E-state index in [9.17, 15) is 4.79 Å². The van der Waals surface area contributed by atoms with Crippen molar-refractivity contribution in [3.8, 4) is 0 Å². The van der Waals surface area contributed by atoms with E-state index in [2.05, 4.69) is 0 Å². The summed E-state index contributed by atoms with van der Waals surface area (Å²) in [6.45, 7) is 2.04. The Morgan fingerprint density at radius 3 is 2.64 bits per heavy atom. The predicted molar refractivity (Wildman–Crippen MR) is 57.7 cm³/mol. The average Bonchev–Trinajstić information content (AvgIpc) is 2.56. The number of benzene rings is 1. The second-order valence-electron chi connectivity index (χ2n) is 3.11. The number of ether oxygens (including phenoxy) is 1. The smallest absolute Gasteiger partial charge is 0.345 e. The molecule has 72 valence electrons. The highest BCUT2D eigenvalue weighted by atomic mass is 32.2. The van der Waals surface area contributed by atoms with Crippen LogP contribution in [-0.4, -0.2) is 11.9 Å². The van der Waals surface area contributed by atoms with Crippen molar-refractivity contribution < 1.29 is 9.53 Å². The number of esters is 1. The lowest BCUT2D eigenvalue weighted by Gasteiger charge is -1.95. The Balaban J connectivity index is 2.24. The van der Waals surface area contributed by atoms with Gasteiger partial charge in [0.15, 0.2) is 0 Å². The van der Waals surface area contributed by atoms with Crippen LogP contribution in [0.4, 0.5) is 0 Å². The van der Waals surface area contributed by atoms with E-state index in [1.807, 2.05) is 37.3 Å². The van der Waals surface area contributed by atoms with Crippen LogP contribution in [-0.2, 0) is 9.53 Å². The van der Waals surface area contributed by atoms with Crippen LogP contribution in [0, 0.1) is 6.92 Å². The molecule has 0 radical (unpaired) electrons. The molecular formula is C11H10O2S. The molecule has 1 fully saturated rings. The topological polar surface area (TPSA) is 26.3 Å². The molecule has 1 heterocycles. The number of carbonyl (C=O) groups excluding carboxylic acids is 1. The first-order valence-electron chi connectivity index (χ1n) is 4.34. The number of hydrogen-bond acceptors (Lipinski definition) is 3. The molecular weight excluding hydrogens is 196 g/mol. The number of thioether (sulfide) groups is 1. The van der Waals surface area contributed by atoms with E-state index >= 15 is 0 Å². The van der Waals surface area contributed by atoms with E-state index in [0.29, 0.717) is 10.8 Å². The first-order chi connectivity index (χ1) is 6.75. The summed E-state index contributed by atoms with van der Waals surface area (Å²) in [5.74, 6) is 0.229. The van der Waals surface area contributed by atoms with Gasteiger partial charge in [-0.2, -0.15) is 0 Å². The molecule has 1 aromatic rings. The molecule has 1 aliphatic rings. The van der Waals surface area contributed by atoms with Crippen molar-refractivity contribution in [2.75, 3.05) is 5.94 Å². The molecule has 0 N–H and O–H groups in total. The van der Waals surface area contributed by atoms with Gasteiger partial charge >= 0.3 is 5.97 Å². The molecule has 2 rings (SSSR count). The summed E-state index contributed by atoms with van der Waals surface area (Å²) in [7, 11) is 0. The van der Waals surface area contributed by atoms with Crippen LogP contribution >= 0.6 is 11.8 Å². The standard InChI is InChI=1S/C11H10O2S/c1-8-2-4-9(5-3-8)6-10-11(12)13-7-14-10/h2-6H,7H2,1H3/b10-6+. The molecule has 0 aliphatic carbocycles. The highest BCUT2D eigenvalue weighted by molar-refractivity contribution is 8.04. The van der Waals surface area contributed by atoms with Crippen molar-refractivity contribution in [3.05, 3.63) is 40.3 Å². The summed E-state index contributed by atoms with van der Waals surface area (Å²) in [6, 6.07) is 8.04. The highest BCUT2D eigenvalue weighted by Gasteiger charge is 2.18. The number of hydrogen-bond donors (Lipinski definition) is 0. The Labute approximate surface area is 87.0 Å². The quantitative estimate of drug-likeness (QED) is 0.522. The summed E-state index contributed by atoms with van der Waals surface area (Å²) in [5, 5.41) is 0. The van der Waals surface area contributed by atoms with Crippen molar-refractivity contribution in [1.29, 1.82) is 0 Å². The summed E-state index contributed by atoms with van der Waals surface area (Å²) < 4.78 is 4.82. The van der Waals surface area contributed by atoms with Crippen LogP contribution < -0.4 is 0 Å². The molecule has 2 nitrogen and oxygen atoms in total. The molecule has 1 aromatic carbocycles. The van der Waals surface area contributed by atoms with E-state index in [0.717, 1.165) is 5.56 Å². The Morgan fingerprint density at radius 2 is 2.07 bits per heavy atom. The third-order valence-electron chi connectivity index (χ3n) is 1.98. The predicted octanol–water partition coefficient (Wildman–Crippen LogP) is 2.58. The SMILES string of the molecule is Cc1ccc(/C=C2/SCOC2=O)cc1. The van der Waals surface area contributed by atoms with Gasteiger partial charge in [-0.15, -0.1) is 0 Å². The van der Waals surface area contributed by atoms with Gasteiger partial charge in [-0.05, 0) is 18.6 Å². The molecule has 0 amide bonds. The number of aryl methyl sites for hydroxylation is 1. The summed E-state index contributed by atoms with van der Waals surface area (Å²) in [4.78, 5) is 11.8. The second kappa shape index (κ2) is 3.88. The molecule has 0 bridgehead atoms. The van der Waals surface area contributed by atoms with E-state index in [1.54, 1.807) is 0 Å². The molecule has 3 heteroatoms. The molecule has 0 saturated carbocycles. The Bertz CT molecular complexity index is 379. The summed E-state index contributed by atoms with van der Waals surface area (Å²) >= 11 is 1.44. The van der Waals surface area contributed by atoms with E-state index in [1.165, 1.54) is 17.3 Å². The van der Waals surface area contributed by atoms with Gasteiger partial charge < -0.3 is 4.74 Å². The first kappa shape index (κ1) is 9.34. The zero-order chi connectivity index (χ0) is 9.97. The fraction of sp³-hybridized carbons (Fsp3) is 0.182. The molecule has 0 unspecified atom stereocenters. The molecule has 1 saturated heterocycles. The van der Waals surface area contributed by atoms with E-state index in [-0.39, 0.29) is 5.97 Å². The number of cyclic esters (lactones) is 1. The lowest BCUT2D eigenvalue weighted by Crippen LogP contribution is -1.93. The maximum absolute atomic E-state index is 11.1. The van der Waals surface area contributed by atoms with Crippen LogP contribution in [0.15, 0.2) is 29.2 Å². The zero-order valence-corrected chi connectivity index (χ0v) is 8.64. The van der Waals surface area contributed by atoms with Gasteiger partial charge in [-0.3, -0.25) is 0 Å². The Hall–Kier alpha value is -1.22. The van der Waals surface area contributed by atoms with E-state index < -0.39 is 0 Å². The van der Waals surface area contributed by atoms with Crippen molar-refractivity contribution in [2.45, 2.75) is 6.92 Å². The molecule has 0 aromatic heterocycles. The summed E-state index contributed by atoms with van der Waals surface area (Å²) in [5.41, 5.74) is 2.26. The van der Waals surface area contributed by atoms with Crippen LogP contribution in [0.1, 0.15) is 11.1 Å². The van der Waals surface area contributed by atoms with Gasteiger partial charge in [0.1, 0.15) is 5.94 Å². The first-order valence-corrected chi connectivity index (χ1v) is 5.32. The van der Waals surface area contributed by atoms with Crippen molar-refractivity contribution in [1.82, 2.24) is 0 Å². The monoisotopic (exact) mass is 206 g/mol. The van der Waals surface area contributed by atoms with Crippen LogP contribution in [0.5, 0.6) is 0 Å². The fourth-order valence-corrected chi connectivity index (χ4v) is 1.88. The third kappa shape index (κ3) is 1.99. The van der Waals surface area contributed by atoms with Crippen LogP contribution in [0.2, 0.25) is 0 Å². The lowest BCUT2D eigenvalue weighted by atomic mass is 10.1. The normalized spacial score (nSPS) is 18.6. The van der Waals surface area contributed by atoms with Crippen molar-refractivity contribution >= 4 is 23.8 Å². The largest absolute Gasteiger partial charge is 0.450 e. The average molecular weight is 206 g/mol. The van der Waals surface area contributed by atoms with Gasteiger partial charge in [0.25, 0.3) is 0 Å². The summed E-state index contributed by atoms with van der Waals surface area (Å²) in [6.07, 6.45) is 1.86. The fourth-order valence-electron chi connectivity index (χ4n) is 1.19. The van der Waals surface area contributed by atoms with Gasteiger partial charge in [0.05, 0.1) is 4.91 Å². The van der Waals surface area contributed by atoms with Crippen molar-refractivity contribution in [2.24, 2.45) is 0 Å². The number of rotatable bonds is 1. The van der Waals surface area contributed by atoms with Crippen molar-refractivity contribution in [3.63, 3.8) is 0 Å². The Kier molecular flexibility index (Phi) is 2.59. The number of carbonyl (C=O) groups is 1. The Morgan fingerprint density at radius 1 is 1.36 bits per heavy atom. The minimum atomic E-state index is -0.212. The minimum absolute atomic E-state index is 0.212. The van der Waals surface area contributed by atoms with E-state index in [4.69, 9.17) is 4.74 Å². The minimum Gasteiger partial charge on any atom is -0.450 e. The molecule has 1 aliphatic heterocycles. The van der Waals surface area contributed by atoms with Gasteiger partial charge in [-0.1, -0.05) is 41.6 Å². The zero-order valence-electron chi connectivity index (χ0n) is 7.82. The maximum atomic E-state index is 11.1. The lowest BCUT2D eigenvalue weighted by molar-refractivity contribution is -0.134.